The average molecular weight is 735 g/mol. The van der Waals surface area contributed by atoms with Crippen molar-refractivity contribution >= 4 is 17.1 Å². The Kier molecular flexibility index (Phi) is 14.8. The summed E-state index contributed by atoms with van der Waals surface area (Å²) in [5.41, 5.74) is 19.1. The van der Waals surface area contributed by atoms with Gasteiger partial charge in [-0.3, -0.25) is 0 Å². The molecule has 54 heavy (non-hydrogen) atoms. The molecule has 5 fully saturated rings. The monoisotopic (exact) mass is 735 g/mol. The van der Waals surface area contributed by atoms with Crippen molar-refractivity contribution in [3.05, 3.63) is 88.0 Å². The van der Waals surface area contributed by atoms with Gasteiger partial charge in [0.2, 0.25) is 0 Å². The fourth-order valence-corrected chi connectivity index (χ4v) is 8.37. The van der Waals surface area contributed by atoms with Crippen molar-refractivity contribution in [2.75, 3.05) is 80.6 Å². The van der Waals surface area contributed by atoms with Crippen molar-refractivity contribution in [1.29, 1.82) is 0 Å². The van der Waals surface area contributed by atoms with Crippen LogP contribution >= 0.6 is 0 Å². The van der Waals surface area contributed by atoms with Gasteiger partial charge >= 0.3 is 0 Å². The molecule has 5 aliphatic rings. The van der Waals surface area contributed by atoms with E-state index in [1.165, 1.54) is 61.2 Å². The van der Waals surface area contributed by atoms with Crippen LogP contribution in [0, 0.1) is 0 Å². The fraction of sp³-hybridized carbons (Fsp3) is 0.625. The summed E-state index contributed by atoms with van der Waals surface area (Å²) in [6.45, 7) is 24.7. The van der Waals surface area contributed by atoms with Crippen LogP contribution in [0.1, 0.15) is 162 Å². The molecule has 2 heterocycles. The maximum Gasteiger partial charge on any atom is 0.0370 e. The Morgan fingerprint density at radius 1 is 0.556 bits per heavy atom. The first-order chi connectivity index (χ1) is 26.2. The highest BCUT2D eigenvalue weighted by Crippen LogP contribution is 2.46. The number of nitrogens with two attached hydrogens (primary N) is 1. The van der Waals surface area contributed by atoms with Gasteiger partial charge in [-0.1, -0.05) is 59.7 Å². The molecular weight excluding hydrogens is 661 g/mol. The molecule has 0 unspecified atom stereocenters. The molecule has 3 aromatic carbocycles. The molecule has 6 nitrogen and oxygen atoms in total. The molecule has 0 atom stereocenters. The Balaban J connectivity index is 0.000000138. The maximum absolute atomic E-state index is 5.51. The van der Waals surface area contributed by atoms with Crippen molar-refractivity contribution < 1.29 is 0 Å². The molecule has 6 heteroatoms. The van der Waals surface area contributed by atoms with Gasteiger partial charge in [0.15, 0.2) is 0 Å². The van der Waals surface area contributed by atoms with Crippen LogP contribution in [0.2, 0.25) is 0 Å². The molecule has 0 bridgehead atoms. The van der Waals surface area contributed by atoms with Gasteiger partial charge in [0.25, 0.3) is 0 Å². The number of nitrogens with one attached hydrogen (secondary N) is 3. The fourth-order valence-electron chi connectivity index (χ4n) is 8.37. The average Bonchev–Trinajstić information content (AvgIpc) is 4.03. The third-order valence-corrected chi connectivity index (χ3v) is 12.1. The van der Waals surface area contributed by atoms with E-state index in [1.54, 1.807) is 27.8 Å². The molecule has 0 amide bonds. The summed E-state index contributed by atoms with van der Waals surface area (Å²) in [5, 5.41) is 10.4. The number of hydrogen-bond acceptors (Lipinski definition) is 6. The summed E-state index contributed by atoms with van der Waals surface area (Å²) in [4.78, 5) is 5.04. The van der Waals surface area contributed by atoms with Crippen LogP contribution in [0.25, 0.3) is 0 Å². The summed E-state index contributed by atoms with van der Waals surface area (Å²) in [5.74, 6) is 4.46. The van der Waals surface area contributed by atoms with Crippen LogP contribution in [0.5, 0.6) is 0 Å². The molecule has 2 aliphatic heterocycles. The van der Waals surface area contributed by atoms with E-state index >= 15 is 0 Å². The number of piperazine rings is 2. The normalized spacial score (nSPS) is 18.7. The number of anilines is 3. The summed E-state index contributed by atoms with van der Waals surface area (Å²) < 4.78 is 0. The zero-order valence-electron chi connectivity index (χ0n) is 34.9. The molecule has 296 valence electrons. The van der Waals surface area contributed by atoms with Crippen LogP contribution < -0.4 is 31.5 Å². The second kappa shape index (κ2) is 19.7. The molecule has 0 spiro atoms. The molecule has 3 saturated carbocycles. The molecule has 3 aliphatic carbocycles. The van der Waals surface area contributed by atoms with Gasteiger partial charge in [-0.25, -0.2) is 0 Å². The first kappa shape index (κ1) is 40.6. The van der Waals surface area contributed by atoms with E-state index in [4.69, 9.17) is 5.73 Å². The SMILES string of the molecule is CC(C)c1ccc(N2CCNCC2)cc1C1CC1.CC(C)c1ccc(N2CCNCC2)cc1C1CC1.CC(C)c1ccc(NCCCCN)cc1C1CC1. The van der Waals surface area contributed by atoms with Gasteiger partial charge in [-0.15, -0.1) is 0 Å². The Bertz CT molecular complexity index is 1510. The molecule has 5 N–H and O–H groups in total. The van der Waals surface area contributed by atoms with E-state index in [9.17, 15) is 0 Å². The quantitative estimate of drug-likeness (QED) is 0.131. The van der Waals surface area contributed by atoms with Crippen molar-refractivity contribution in [1.82, 2.24) is 10.6 Å². The zero-order chi connectivity index (χ0) is 38.0. The van der Waals surface area contributed by atoms with Crippen molar-refractivity contribution in [2.45, 2.75) is 128 Å². The van der Waals surface area contributed by atoms with Gasteiger partial charge in [-0.05, 0) is 163 Å². The maximum atomic E-state index is 5.51. The predicted octanol–water partition coefficient (Wildman–Crippen LogP) is 10.0. The van der Waals surface area contributed by atoms with Gasteiger partial charge in [0.1, 0.15) is 0 Å². The van der Waals surface area contributed by atoms with E-state index in [-0.39, 0.29) is 0 Å². The van der Waals surface area contributed by atoms with Crippen LogP contribution in [0.15, 0.2) is 54.6 Å². The number of benzene rings is 3. The third kappa shape index (κ3) is 11.5. The van der Waals surface area contributed by atoms with Gasteiger partial charge in [0, 0.05) is 76.0 Å². The number of rotatable bonds is 13. The Morgan fingerprint density at radius 2 is 0.944 bits per heavy atom. The predicted molar refractivity (Wildman–Crippen MR) is 234 cm³/mol. The Hall–Kier alpha value is -3.06. The largest absolute Gasteiger partial charge is 0.385 e. The minimum absolute atomic E-state index is 0.631. The second-order valence-corrected chi connectivity index (χ2v) is 17.7. The van der Waals surface area contributed by atoms with Crippen LogP contribution in [0.4, 0.5) is 17.1 Å². The van der Waals surface area contributed by atoms with E-state index in [0.29, 0.717) is 17.8 Å². The standard InChI is InChI=1S/2C16H24N2.C16H26N2/c2*1-12(2)15-6-5-14(11-16(15)13-3-4-13)18-9-7-17-8-10-18;1-12(2)15-8-7-14(18-10-4-3-9-17)11-16(15)13-5-6-13/h2*5-6,11-13,17H,3-4,7-10H2,1-2H3;7-8,11-13,18H,3-6,9-10,17H2,1-2H3. The smallest absolute Gasteiger partial charge is 0.0370 e. The summed E-state index contributed by atoms with van der Waals surface area (Å²) >= 11 is 0. The highest BCUT2D eigenvalue weighted by Gasteiger charge is 2.29. The highest BCUT2D eigenvalue weighted by molar-refractivity contribution is 5.55. The van der Waals surface area contributed by atoms with E-state index < -0.39 is 0 Å². The van der Waals surface area contributed by atoms with Crippen molar-refractivity contribution in [3.8, 4) is 0 Å². The molecule has 0 aromatic heterocycles. The first-order valence-corrected chi connectivity index (χ1v) is 22.0. The summed E-state index contributed by atoms with van der Waals surface area (Å²) in [6, 6.07) is 21.2. The lowest BCUT2D eigenvalue weighted by atomic mass is 9.93. The second-order valence-electron chi connectivity index (χ2n) is 17.7. The lowest BCUT2D eigenvalue weighted by Crippen LogP contribution is -2.43. The van der Waals surface area contributed by atoms with Gasteiger partial charge < -0.3 is 31.5 Å². The van der Waals surface area contributed by atoms with Crippen molar-refractivity contribution in [2.24, 2.45) is 5.73 Å². The highest BCUT2D eigenvalue weighted by atomic mass is 15.2. The van der Waals surface area contributed by atoms with Gasteiger partial charge in [-0.2, -0.15) is 0 Å². The van der Waals surface area contributed by atoms with Crippen molar-refractivity contribution in [3.63, 3.8) is 0 Å². The van der Waals surface area contributed by atoms with Gasteiger partial charge in [0.05, 0.1) is 0 Å². The molecule has 0 radical (unpaired) electrons. The minimum atomic E-state index is 0.631. The number of unbranched alkanes of at least 4 members (excludes halogenated alkanes) is 1. The third-order valence-electron chi connectivity index (χ3n) is 12.1. The molecule has 8 rings (SSSR count). The Morgan fingerprint density at radius 3 is 1.31 bits per heavy atom. The lowest BCUT2D eigenvalue weighted by molar-refractivity contribution is 0.589. The van der Waals surface area contributed by atoms with E-state index in [2.05, 4.69) is 122 Å². The first-order valence-electron chi connectivity index (χ1n) is 22.0. The van der Waals surface area contributed by atoms with Crippen LogP contribution in [0.3, 0.4) is 0 Å². The minimum Gasteiger partial charge on any atom is -0.385 e. The van der Waals surface area contributed by atoms with Crippen LogP contribution in [-0.2, 0) is 0 Å². The molecule has 3 aromatic rings. The Labute approximate surface area is 329 Å². The molecule has 2 saturated heterocycles. The molecular formula is C48H74N6. The summed E-state index contributed by atoms with van der Waals surface area (Å²) in [7, 11) is 0. The van der Waals surface area contributed by atoms with E-state index in [0.717, 1.165) is 96.0 Å². The number of nitrogens with zero attached hydrogens (tertiary/aromatic N) is 2. The number of hydrogen-bond donors (Lipinski definition) is 4. The lowest BCUT2D eigenvalue weighted by Gasteiger charge is -2.30. The van der Waals surface area contributed by atoms with Crippen LogP contribution in [-0.4, -0.2) is 65.4 Å². The topological polar surface area (TPSA) is 68.6 Å². The van der Waals surface area contributed by atoms with E-state index in [1.807, 2.05) is 0 Å². The summed E-state index contributed by atoms with van der Waals surface area (Å²) in [6.07, 6.45) is 10.6. The zero-order valence-corrected chi connectivity index (χ0v) is 34.9.